The number of nitrogens with one attached hydrogen (secondary N) is 1. The van der Waals surface area contributed by atoms with E-state index in [0.717, 1.165) is 5.56 Å². The van der Waals surface area contributed by atoms with Crippen molar-refractivity contribution in [3.63, 3.8) is 0 Å². The molecule has 0 saturated heterocycles. The highest BCUT2D eigenvalue weighted by molar-refractivity contribution is 7.09. The Labute approximate surface area is 125 Å². The minimum atomic E-state index is -1.09. The molecule has 110 valence electrons. The number of carboxylic acids is 1. The number of benzene rings is 1. The van der Waals surface area contributed by atoms with E-state index in [0.29, 0.717) is 5.01 Å². The number of aromatic nitrogens is 1. The SMILES string of the molecule is CC(NC(=O)OCc1ccccc1)c1nc(C(=O)O)cs1. The molecule has 1 amide bonds. The number of hydrogen-bond acceptors (Lipinski definition) is 5. The lowest BCUT2D eigenvalue weighted by Gasteiger charge is -2.11. The van der Waals surface area contributed by atoms with Crippen LogP contribution in [0.15, 0.2) is 35.7 Å². The minimum Gasteiger partial charge on any atom is -0.476 e. The molecule has 0 aliphatic rings. The third-order valence-corrected chi connectivity index (χ3v) is 3.69. The van der Waals surface area contributed by atoms with Gasteiger partial charge in [0.1, 0.15) is 11.6 Å². The van der Waals surface area contributed by atoms with Gasteiger partial charge in [-0.25, -0.2) is 14.6 Å². The van der Waals surface area contributed by atoms with Crippen molar-refractivity contribution >= 4 is 23.4 Å². The number of carbonyl (C=O) groups is 2. The lowest BCUT2D eigenvalue weighted by atomic mass is 10.2. The summed E-state index contributed by atoms with van der Waals surface area (Å²) in [6.45, 7) is 1.89. The number of nitrogens with zero attached hydrogens (tertiary/aromatic N) is 1. The number of carbonyl (C=O) groups excluding carboxylic acids is 1. The summed E-state index contributed by atoms with van der Waals surface area (Å²) in [6, 6.07) is 8.91. The zero-order chi connectivity index (χ0) is 15.2. The maximum absolute atomic E-state index is 11.7. The van der Waals surface area contributed by atoms with Crippen molar-refractivity contribution < 1.29 is 19.4 Å². The number of carboxylic acid groups (broad SMARTS) is 1. The van der Waals surface area contributed by atoms with Crippen LogP contribution in [0.4, 0.5) is 4.79 Å². The largest absolute Gasteiger partial charge is 0.476 e. The molecule has 0 saturated carbocycles. The van der Waals surface area contributed by atoms with Gasteiger partial charge in [0.2, 0.25) is 0 Å². The van der Waals surface area contributed by atoms with Crippen LogP contribution in [0.5, 0.6) is 0 Å². The van der Waals surface area contributed by atoms with Crippen molar-refractivity contribution in [2.75, 3.05) is 0 Å². The van der Waals surface area contributed by atoms with Gasteiger partial charge in [-0.15, -0.1) is 11.3 Å². The molecule has 2 rings (SSSR count). The Hall–Kier alpha value is -2.41. The normalized spacial score (nSPS) is 11.7. The quantitative estimate of drug-likeness (QED) is 0.886. The van der Waals surface area contributed by atoms with Gasteiger partial charge in [-0.3, -0.25) is 0 Å². The van der Waals surface area contributed by atoms with Gasteiger partial charge in [-0.1, -0.05) is 30.3 Å². The summed E-state index contributed by atoms with van der Waals surface area (Å²) in [7, 11) is 0. The highest BCUT2D eigenvalue weighted by Crippen LogP contribution is 2.18. The Bertz CT molecular complexity index is 627. The molecule has 1 heterocycles. The van der Waals surface area contributed by atoms with Crippen molar-refractivity contribution in [1.82, 2.24) is 10.3 Å². The summed E-state index contributed by atoms with van der Waals surface area (Å²) < 4.78 is 5.08. The van der Waals surface area contributed by atoms with E-state index in [1.165, 1.54) is 16.7 Å². The van der Waals surface area contributed by atoms with Gasteiger partial charge >= 0.3 is 12.1 Å². The molecule has 0 spiro atoms. The highest BCUT2D eigenvalue weighted by Gasteiger charge is 2.16. The van der Waals surface area contributed by atoms with Crippen LogP contribution >= 0.6 is 11.3 Å². The van der Waals surface area contributed by atoms with Crippen LogP contribution in [0.2, 0.25) is 0 Å². The van der Waals surface area contributed by atoms with Crippen LogP contribution in [0.1, 0.15) is 34.0 Å². The maximum atomic E-state index is 11.7. The Morgan fingerprint density at radius 3 is 2.71 bits per heavy atom. The molecule has 2 N–H and O–H groups in total. The molecule has 0 radical (unpaired) electrons. The van der Waals surface area contributed by atoms with E-state index in [1.807, 2.05) is 30.3 Å². The molecule has 0 aliphatic carbocycles. The maximum Gasteiger partial charge on any atom is 0.408 e. The summed E-state index contributed by atoms with van der Waals surface area (Å²) in [5.41, 5.74) is 0.865. The molecule has 1 aromatic heterocycles. The van der Waals surface area contributed by atoms with E-state index < -0.39 is 18.1 Å². The van der Waals surface area contributed by atoms with Crippen LogP contribution < -0.4 is 5.32 Å². The second-order valence-corrected chi connectivity index (χ2v) is 5.19. The fourth-order valence-electron chi connectivity index (χ4n) is 1.59. The number of amides is 1. The Kier molecular flexibility index (Phi) is 4.89. The van der Waals surface area contributed by atoms with Crippen molar-refractivity contribution in [2.24, 2.45) is 0 Å². The lowest BCUT2D eigenvalue weighted by Crippen LogP contribution is -2.27. The summed E-state index contributed by atoms with van der Waals surface area (Å²) in [5.74, 6) is -1.09. The van der Waals surface area contributed by atoms with Crippen molar-refractivity contribution in [3.05, 3.63) is 52.0 Å². The molecule has 6 nitrogen and oxygen atoms in total. The molecule has 7 heteroatoms. The van der Waals surface area contributed by atoms with E-state index in [9.17, 15) is 9.59 Å². The summed E-state index contributed by atoms with van der Waals surface area (Å²) >= 11 is 1.18. The number of alkyl carbamates (subject to hydrolysis) is 1. The molecule has 0 aliphatic heterocycles. The number of rotatable bonds is 5. The topological polar surface area (TPSA) is 88.5 Å². The third-order valence-electron chi connectivity index (χ3n) is 2.66. The Balaban J connectivity index is 1.85. The van der Waals surface area contributed by atoms with Crippen LogP contribution in [0.3, 0.4) is 0 Å². The molecular formula is C14H14N2O4S. The number of hydrogen-bond donors (Lipinski definition) is 2. The summed E-state index contributed by atoms with van der Waals surface area (Å²) in [5, 5.41) is 13.4. The van der Waals surface area contributed by atoms with Gasteiger partial charge < -0.3 is 15.2 Å². The Morgan fingerprint density at radius 1 is 1.38 bits per heavy atom. The van der Waals surface area contributed by atoms with E-state index in [4.69, 9.17) is 9.84 Å². The lowest BCUT2D eigenvalue weighted by molar-refractivity contribution is 0.0691. The van der Waals surface area contributed by atoms with Crippen molar-refractivity contribution in [3.8, 4) is 0 Å². The molecule has 0 fully saturated rings. The summed E-state index contributed by atoms with van der Waals surface area (Å²) in [6.07, 6.45) is -0.571. The molecule has 1 aromatic carbocycles. The number of ether oxygens (including phenoxy) is 1. The monoisotopic (exact) mass is 306 g/mol. The van der Waals surface area contributed by atoms with Crippen LogP contribution in [0, 0.1) is 0 Å². The minimum absolute atomic E-state index is 0.0266. The molecule has 0 bridgehead atoms. The molecule has 1 atom stereocenters. The fourth-order valence-corrected chi connectivity index (χ4v) is 2.39. The smallest absolute Gasteiger partial charge is 0.408 e. The van der Waals surface area contributed by atoms with E-state index >= 15 is 0 Å². The fraction of sp³-hybridized carbons (Fsp3) is 0.214. The number of aromatic carboxylic acids is 1. The van der Waals surface area contributed by atoms with Crippen LogP contribution in [0.25, 0.3) is 0 Å². The second kappa shape index (κ2) is 6.85. The molecule has 1 unspecified atom stereocenters. The first-order valence-electron chi connectivity index (χ1n) is 6.22. The van der Waals surface area contributed by atoms with Gasteiger partial charge in [0.25, 0.3) is 0 Å². The van der Waals surface area contributed by atoms with E-state index in [1.54, 1.807) is 6.92 Å². The van der Waals surface area contributed by atoms with Crippen LogP contribution in [-0.2, 0) is 11.3 Å². The summed E-state index contributed by atoms with van der Waals surface area (Å²) in [4.78, 5) is 26.3. The predicted molar refractivity (Wildman–Crippen MR) is 77.3 cm³/mol. The predicted octanol–water partition coefficient (Wildman–Crippen LogP) is 2.83. The molecule has 21 heavy (non-hydrogen) atoms. The zero-order valence-corrected chi connectivity index (χ0v) is 12.1. The standard InChI is InChI=1S/C14H14N2O4S/c1-9(12-16-11(8-21-12)13(17)18)15-14(19)20-7-10-5-3-2-4-6-10/h2-6,8-9H,7H2,1H3,(H,15,19)(H,17,18). The average molecular weight is 306 g/mol. The third kappa shape index (κ3) is 4.28. The average Bonchev–Trinajstić information content (AvgIpc) is 2.96. The number of thiazole rings is 1. The first-order chi connectivity index (χ1) is 10.1. The molecule has 2 aromatic rings. The van der Waals surface area contributed by atoms with Crippen LogP contribution in [-0.4, -0.2) is 22.2 Å². The van der Waals surface area contributed by atoms with Gasteiger partial charge in [-0.05, 0) is 12.5 Å². The van der Waals surface area contributed by atoms with Crippen molar-refractivity contribution in [1.29, 1.82) is 0 Å². The van der Waals surface area contributed by atoms with Gasteiger partial charge in [0.05, 0.1) is 6.04 Å². The molecular weight excluding hydrogens is 292 g/mol. The van der Waals surface area contributed by atoms with E-state index in [-0.39, 0.29) is 12.3 Å². The van der Waals surface area contributed by atoms with Crippen molar-refractivity contribution in [2.45, 2.75) is 19.6 Å². The van der Waals surface area contributed by atoms with Gasteiger partial charge in [0, 0.05) is 5.38 Å². The zero-order valence-electron chi connectivity index (χ0n) is 11.3. The first kappa shape index (κ1) is 15.0. The highest BCUT2D eigenvalue weighted by atomic mass is 32.1. The second-order valence-electron chi connectivity index (χ2n) is 4.30. The van der Waals surface area contributed by atoms with E-state index in [2.05, 4.69) is 10.3 Å². The first-order valence-corrected chi connectivity index (χ1v) is 7.10. The van der Waals surface area contributed by atoms with Gasteiger partial charge in [-0.2, -0.15) is 0 Å². The Morgan fingerprint density at radius 2 is 2.10 bits per heavy atom. The van der Waals surface area contributed by atoms with Gasteiger partial charge in [0.15, 0.2) is 5.69 Å².